The highest BCUT2D eigenvalue weighted by Crippen LogP contribution is 2.71. The lowest BCUT2D eigenvalue weighted by Gasteiger charge is -2.62. The van der Waals surface area contributed by atoms with E-state index in [1.807, 2.05) is 12.4 Å². The zero-order valence-electron chi connectivity index (χ0n) is 28.1. The molecule has 50 heavy (non-hydrogen) atoms. The van der Waals surface area contributed by atoms with E-state index in [-0.39, 0.29) is 17.7 Å². The first-order valence-corrected chi connectivity index (χ1v) is 17.7. The van der Waals surface area contributed by atoms with Crippen LogP contribution >= 0.6 is 0 Å². The maximum absolute atomic E-state index is 5.61. The molecule has 0 N–H and O–H groups in total. The molecule has 6 aromatic rings. The Morgan fingerprint density at radius 3 is 1.64 bits per heavy atom. The number of rotatable bonds is 5. The summed E-state index contributed by atoms with van der Waals surface area (Å²) in [7, 11) is 0. The third-order valence-corrected chi connectivity index (χ3v) is 11.7. The van der Waals surface area contributed by atoms with E-state index in [1.165, 1.54) is 16.8 Å². The first-order valence-electron chi connectivity index (χ1n) is 17.7. The van der Waals surface area contributed by atoms with Crippen LogP contribution in [-0.2, 0) is 5.41 Å². The van der Waals surface area contributed by atoms with Crippen LogP contribution in [0.2, 0.25) is 0 Å². The number of para-hydroxylation sites is 4. The van der Waals surface area contributed by atoms with Crippen molar-refractivity contribution < 1.29 is 0 Å². The molecule has 3 unspecified atom stereocenters. The summed E-state index contributed by atoms with van der Waals surface area (Å²) in [5.41, 5.74) is 7.31. The number of hydrogen-bond donors (Lipinski definition) is 0. The molecule has 244 valence electrons. The Labute approximate surface area is 292 Å². The van der Waals surface area contributed by atoms with Gasteiger partial charge in [0.05, 0.1) is 11.1 Å². The van der Waals surface area contributed by atoms with E-state index >= 15 is 0 Å². The maximum atomic E-state index is 5.61. The molecular weight excluding hydrogens is 615 g/mol. The lowest BCUT2D eigenvalue weighted by Crippen LogP contribution is -2.70. The van der Waals surface area contributed by atoms with Gasteiger partial charge in [0.1, 0.15) is 12.3 Å². The Morgan fingerprint density at radius 2 is 1.02 bits per heavy atom. The monoisotopic (exact) mass is 651 g/mol. The molecule has 1 aromatic heterocycles. The SMILES string of the molecule is CCC1(CC)C2N(N=C(c3ccccc3)N2c2ccccc2)c2ccccc2C12c1ccccc1N1c3nccnc3N(c3ccccc3)C12. The standard InChI is InChI=1S/C43H37N7/c1-3-42(4-2)40-47(31-20-10-6-11-21-31)37(30-18-8-5-9-19-30)46-50(40)36-27-17-15-25-34(36)43(42)33-24-14-16-26-35(33)49-39-38(44-28-29-45-39)48(41(43)49)32-22-12-7-13-23-32/h5-29,40-41H,3-4H2,1-2H3. The number of hydrogen-bond acceptors (Lipinski definition) is 7. The number of aromatic nitrogens is 2. The molecule has 7 nitrogen and oxygen atoms in total. The van der Waals surface area contributed by atoms with Gasteiger partial charge in [-0.1, -0.05) is 117 Å². The lowest BCUT2D eigenvalue weighted by atomic mass is 9.50. The Balaban J connectivity index is 1.34. The van der Waals surface area contributed by atoms with Crippen LogP contribution in [0.4, 0.5) is 34.4 Å². The molecule has 0 saturated heterocycles. The largest absolute Gasteiger partial charge is 0.301 e. The fourth-order valence-corrected chi connectivity index (χ4v) is 9.85. The summed E-state index contributed by atoms with van der Waals surface area (Å²) in [6.45, 7) is 4.77. The molecule has 4 aliphatic heterocycles. The van der Waals surface area contributed by atoms with Crippen molar-refractivity contribution in [2.45, 2.75) is 44.4 Å². The molecule has 5 heterocycles. The topological polar surface area (TPSA) is 51.1 Å². The highest BCUT2D eigenvalue weighted by molar-refractivity contribution is 6.13. The summed E-state index contributed by atoms with van der Waals surface area (Å²) in [6.07, 6.45) is 5.14. The summed E-state index contributed by atoms with van der Waals surface area (Å²) < 4.78 is 0. The summed E-state index contributed by atoms with van der Waals surface area (Å²) in [6, 6.07) is 50.3. The Hall–Kier alpha value is -5.95. The molecule has 0 aliphatic carbocycles. The van der Waals surface area contributed by atoms with E-state index in [4.69, 9.17) is 15.1 Å². The number of amidine groups is 1. The minimum Gasteiger partial charge on any atom is -0.301 e. The van der Waals surface area contributed by atoms with Crippen LogP contribution < -0.4 is 19.7 Å². The average molecular weight is 652 g/mol. The number of anilines is 6. The van der Waals surface area contributed by atoms with Crippen molar-refractivity contribution in [2.24, 2.45) is 10.5 Å². The van der Waals surface area contributed by atoms with Crippen molar-refractivity contribution in [2.75, 3.05) is 19.7 Å². The number of hydrazone groups is 1. The van der Waals surface area contributed by atoms with Gasteiger partial charge in [-0.2, -0.15) is 5.10 Å². The smallest absolute Gasteiger partial charge is 0.178 e. The van der Waals surface area contributed by atoms with Gasteiger partial charge in [-0.3, -0.25) is 0 Å². The third kappa shape index (κ3) is 3.51. The number of nitrogens with zero attached hydrogens (tertiary/aromatic N) is 7. The third-order valence-electron chi connectivity index (χ3n) is 11.7. The van der Waals surface area contributed by atoms with Crippen LogP contribution in [0.1, 0.15) is 43.4 Å². The molecule has 0 radical (unpaired) electrons. The minimum absolute atomic E-state index is 0.139. The Bertz CT molecular complexity index is 2240. The summed E-state index contributed by atoms with van der Waals surface area (Å²) >= 11 is 0. The van der Waals surface area contributed by atoms with Crippen molar-refractivity contribution in [3.63, 3.8) is 0 Å². The Morgan fingerprint density at radius 1 is 0.520 bits per heavy atom. The maximum Gasteiger partial charge on any atom is 0.178 e. The molecule has 5 aromatic carbocycles. The van der Waals surface area contributed by atoms with Gasteiger partial charge in [0.2, 0.25) is 0 Å². The van der Waals surface area contributed by atoms with Crippen LogP contribution in [0.3, 0.4) is 0 Å². The van der Waals surface area contributed by atoms with Gasteiger partial charge in [-0.05, 0) is 60.4 Å². The lowest BCUT2D eigenvalue weighted by molar-refractivity contribution is 0.0751. The van der Waals surface area contributed by atoms with Crippen molar-refractivity contribution >= 4 is 40.2 Å². The van der Waals surface area contributed by atoms with Gasteiger partial charge in [0, 0.05) is 40.4 Å². The van der Waals surface area contributed by atoms with E-state index in [9.17, 15) is 0 Å². The second kappa shape index (κ2) is 10.8. The van der Waals surface area contributed by atoms with Crippen LogP contribution in [0.15, 0.2) is 157 Å². The van der Waals surface area contributed by atoms with Crippen molar-refractivity contribution in [1.29, 1.82) is 0 Å². The van der Waals surface area contributed by atoms with Gasteiger partial charge in [0.15, 0.2) is 17.5 Å². The van der Waals surface area contributed by atoms with Gasteiger partial charge in [-0.15, -0.1) is 0 Å². The van der Waals surface area contributed by atoms with Crippen molar-refractivity contribution in [1.82, 2.24) is 9.97 Å². The first kappa shape index (κ1) is 29.0. The molecule has 1 spiro atoms. The highest BCUT2D eigenvalue weighted by atomic mass is 15.6. The van der Waals surface area contributed by atoms with Crippen LogP contribution in [0.5, 0.6) is 0 Å². The van der Waals surface area contributed by atoms with E-state index in [0.29, 0.717) is 0 Å². The van der Waals surface area contributed by atoms with E-state index < -0.39 is 5.41 Å². The van der Waals surface area contributed by atoms with Crippen LogP contribution in [0.25, 0.3) is 0 Å². The van der Waals surface area contributed by atoms with E-state index in [0.717, 1.165) is 52.9 Å². The number of benzene rings is 5. The van der Waals surface area contributed by atoms with E-state index in [2.05, 4.69) is 173 Å². The van der Waals surface area contributed by atoms with Gasteiger partial charge >= 0.3 is 0 Å². The van der Waals surface area contributed by atoms with Crippen LogP contribution in [0, 0.1) is 5.41 Å². The van der Waals surface area contributed by atoms with Gasteiger partial charge in [0.25, 0.3) is 0 Å². The van der Waals surface area contributed by atoms with Gasteiger partial charge in [-0.25, -0.2) is 15.0 Å². The molecular formula is C43H37N7. The average Bonchev–Trinajstić information content (AvgIpc) is 3.85. The molecule has 0 amide bonds. The molecule has 0 bridgehead atoms. The zero-order chi connectivity index (χ0) is 33.5. The number of fused-ring (bicyclic) bond motifs is 11. The predicted molar refractivity (Wildman–Crippen MR) is 201 cm³/mol. The first-order chi connectivity index (χ1) is 24.7. The van der Waals surface area contributed by atoms with Crippen molar-refractivity contribution in [3.05, 3.63) is 169 Å². The second-order valence-electron chi connectivity index (χ2n) is 13.6. The highest BCUT2D eigenvalue weighted by Gasteiger charge is 2.74. The molecule has 0 fully saturated rings. The molecule has 0 saturated carbocycles. The zero-order valence-corrected chi connectivity index (χ0v) is 28.1. The quantitative estimate of drug-likeness (QED) is 0.185. The molecule has 3 atom stereocenters. The van der Waals surface area contributed by atoms with Gasteiger partial charge < -0.3 is 14.7 Å². The second-order valence-corrected chi connectivity index (χ2v) is 13.6. The van der Waals surface area contributed by atoms with Crippen molar-refractivity contribution in [3.8, 4) is 0 Å². The summed E-state index contributed by atoms with van der Waals surface area (Å²) in [5.74, 6) is 2.73. The summed E-state index contributed by atoms with van der Waals surface area (Å²) in [5, 5.41) is 7.95. The fourth-order valence-electron chi connectivity index (χ4n) is 9.85. The minimum atomic E-state index is -0.544. The predicted octanol–water partition coefficient (Wildman–Crippen LogP) is 9.23. The summed E-state index contributed by atoms with van der Waals surface area (Å²) in [4.78, 5) is 17.6. The molecule has 4 aliphatic rings. The normalized spacial score (nSPS) is 22.2. The molecule has 7 heteroatoms. The van der Waals surface area contributed by atoms with E-state index in [1.54, 1.807) is 0 Å². The van der Waals surface area contributed by atoms with Crippen LogP contribution in [-0.4, -0.2) is 28.1 Å². The molecule has 10 rings (SSSR count). The Kier molecular flexibility index (Phi) is 6.25. The fraction of sp³-hybridized carbons (Fsp3) is 0.186.